The number of aromatic nitrogens is 1. The van der Waals surface area contributed by atoms with Gasteiger partial charge in [0.05, 0.1) is 0 Å². The Labute approximate surface area is 118 Å². The molecule has 1 aromatic carbocycles. The van der Waals surface area contributed by atoms with Gasteiger partial charge in [-0.15, -0.1) is 0 Å². The van der Waals surface area contributed by atoms with E-state index in [4.69, 9.17) is 4.42 Å². The number of furan rings is 1. The summed E-state index contributed by atoms with van der Waals surface area (Å²) < 4.78 is 5.88. The summed E-state index contributed by atoms with van der Waals surface area (Å²) in [6.45, 7) is 5.19. The minimum Gasteiger partial charge on any atom is -0.454 e. The number of nitrogens with one attached hydrogen (secondary N) is 1. The first-order chi connectivity index (χ1) is 9.76. The maximum absolute atomic E-state index is 5.88. The van der Waals surface area contributed by atoms with E-state index in [0.717, 1.165) is 41.1 Å². The van der Waals surface area contributed by atoms with Crippen molar-refractivity contribution < 1.29 is 4.42 Å². The van der Waals surface area contributed by atoms with Crippen LogP contribution in [0.1, 0.15) is 18.9 Å². The van der Waals surface area contributed by atoms with Gasteiger partial charge in [-0.2, -0.15) is 0 Å². The molecule has 0 aliphatic heterocycles. The van der Waals surface area contributed by atoms with Crippen molar-refractivity contribution in [1.82, 2.24) is 4.98 Å². The predicted molar refractivity (Wildman–Crippen MR) is 83.0 cm³/mol. The molecule has 0 spiro atoms. The molecule has 0 atom stereocenters. The molecule has 0 unspecified atom stereocenters. The number of nitrogens with zero attached hydrogens (tertiary/aromatic N) is 1. The minimum atomic E-state index is 0.811. The molecule has 0 fully saturated rings. The molecule has 1 N–H and O–H groups in total. The van der Waals surface area contributed by atoms with Crippen molar-refractivity contribution >= 4 is 16.7 Å². The van der Waals surface area contributed by atoms with Crippen LogP contribution in [-0.2, 0) is 0 Å². The van der Waals surface area contributed by atoms with E-state index >= 15 is 0 Å². The normalized spacial score (nSPS) is 10.9. The highest BCUT2D eigenvalue weighted by Crippen LogP contribution is 2.28. The molecule has 3 aromatic rings. The highest BCUT2D eigenvalue weighted by molar-refractivity contribution is 5.83. The third-order valence-electron chi connectivity index (χ3n) is 3.26. The van der Waals surface area contributed by atoms with Crippen molar-refractivity contribution in [2.45, 2.75) is 20.3 Å². The fourth-order valence-corrected chi connectivity index (χ4v) is 2.23. The van der Waals surface area contributed by atoms with Gasteiger partial charge in [-0.1, -0.05) is 18.6 Å². The van der Waals surface area contributed by atoms with Gasteiger partial charge >= 0.3 is 0 Å². The number of aryl methyl sites for hydroxylation is 1. The molecule has 0 saturated heterocycles. The fraction of sp³-hybridized carbons (Fsp3) is 0.235. The Morgan fingerprint density at radius 1 is 1.15 bits per heavy atom. The van der Waals surface area contributed by atoms with Crippen LogP contribution in [0.5, 0.6) is 0 Å². The summed E-state index contributed by atoms with van der Waals surface area (Å²) in [7, 11) is 0. The highest BCUT2D eigenvalue weighted by Gasteiger charge is 2.08. The molecule has 2 aromatic heterocycles. The molecular weight excluding hydrogens is 248 g/mol. The summed E-state index contributed by atoms with van der Waals surface area (Å²) >= 11 is 0. The van der Waals surface area contributed by atoms with Crippen LogP contribution in [0.3, 0.4) is 0 Å². The van der Waals surface area contributed by atoms with Crippen molar-refractivity contribution in [3.8, 4) is 11.5 Å². The van der Waals surface area contributed by atoms with E-state index < -0.39 is 0 Å². The van der Waals surface area contributed by atoms with Crippen molar-refractivity contribution in [3.05, 3.63) is 48.2 Å². The van der Waals surface area contributed by atoms with Crippen molar-refractivity contribution in [2.75, 3.05) is 11.9 Å². The summed E-state index contributed by atoms with van der Waals surface area (Å²) in [5.74, 6) is 0.811. The van der Waals surface area contributed by atoms with Crippen molar-refractivity contribution in [3.63, 3.8) is 0 Å². The van der Waals surface area contributed by atoms with Gasteiger partial charge in [-0.25, -0.2) is 0 Å². The molecule has 20 heavy (non-hydrogen) atoms. The number of fused-ring (bicyclic) bond motifs is 1. The van der Waals surface area contributed by atoms with Gasteiger partial charge < -0.3 is 9.73 Å². The van der Waals surface area contributed by atoms with E-state index in [9.17, 15) is 0 Å². The summed E-state index contributed by atoms with van der Waals surface area (Å²) in [5, 5.41) is 4.48. The summed E-state index contributed by atoms with van der Waals surface area (Å²) in [6, 6.07) is 12.2. The molecule has 0 aliphatic carbocycles. The number of rotatable bonds is 4. The average Bonchev–Trinajstić information content (AvgIpc) is 2.88. The molecule has 102 valence electrons. The molecule has 0 aliphatic rings. The van der Waals surface area contributed by atoms with E-state index in [2.05, 4.69) is 36.3 Å². The van der Waals surface area contributed by atoms with E-state index in [1.54, 1.807) is 0 Å². The zero-order valence-corrected chi connectivity index (χ0v) is 11.8. The maximum Gasteiger partial charge on any atom is 0.153 e. The van der Waals surface area contributed by atoms with Gasteiger partial charge in [0, 0.05) is 23.8 Å². The lowest BCUT2D eigenvalue weighted by molar-refractivity contribution is 0.628. The minimum absolute atomic E-state index is 0.811. The number of anilines is 1. The first-order valence-corrected chi connectivity index (χ1v) is 6.97. The first-order valence-electron chi connectivity index (χ1n) is 6.97. The lowest BCUT2D eigenvalue weighted by atomic mass is 10.2. The first kappa shape index (κ1) is 12.7. The van der Waals surface area contributed by atoms with Crippen LogP contribution < -0.4 is 5.32 Å². The third-order valence-corrected chi connectivity index (χ3v) is 3.26. The van der Waals surface area contributed by atoms with Crippen LogP contribution in [0.2, 0.25) is 0 Å². The Hall–Kier alpha value is -2.29. The Morgan fingerprint density at radius 3 is 2.90 bits per heavy atom. The molecule has 0 saturated carbocycles. The standard InChI is InChI=1S/C17H18N2O/c1-3-7-18-14-6-8-19-15(11-14)17-10-13-9-12(2)4-5-16(13)20-17/h4-6,8-11H,3,7H2,1-2H3,(H,18,19). The number of pyridine rings is 1. The molecule has 0 amide bonds. The van der Waals surface area contributed by atoms with Gasteiger partial charge in [-0.3, -0.25) is 4.98 Å². The largest absolute Gasteiger partial charge is 0.454 e. The van der Waals surface area contributed by atoms with Crippen LogP contribution in [0.25, 0.3) is 22.4 Å². The summed E-state index contributed by atoms with van der Waals surface area (Å²) in [4.78, 5) is 4.40. The highest BCUT2D eigenvalue weighted by atomic mass is 16.3. The van der Waals surface area contributed by atoms with Crippen LogP contribution in [0.15, 0.2) is 47.0 Å². The van der Waals surface area contributed by atoms with Crippen LogP contribution in [0, 0.1) is 6.92 Å². The Bertz CT molecular complexity index is 731. The lowest BCUT2D eigenvalue weighted by Crippen LogP contribution is -1.99. The zero-order chi connectivity index (χ0) is 13.9. The van der Waals surface area contributed by atoms with Crippen molar-refractivity contribution in [1.29, 1.82) is 0 Å². The Balaban J connectivity index is 1.97. The van der Waals surface area contributed by atoms with E-state index in [1.807, 2.05) is 30.5 Å². The summed E-state index contributed by atoms with van der Waals surface area (Å²) in [6.07, 6.45) is 2.91. The van der Waals surface area contributed by atoms with Crippen LogP contribution >= 0.6 is 0 Å². The van der Waals surface area contributed by atoms with Gasteiger partial charge in [0.25, 0.3) is 0 Å². The second kappa shape index (κ2) is 5.37. The Kier molecular flexibility index (Phi) is 3.42. The van der Waals surface area contributed by atoms with Crippen LogP contribution in [-0.4, -0.2) is 11.5 Å². The van der Waals surface area contributed by atoms with E-state index in [0.29, 0.717) is 0 Å². The summed E-state index contributed by atoms with van der Waals surface area (Å²) in [5.41, 5.74) is 4.07. The number of benzene rings is 1. The van der Waals surface area contributed by atoms with E-state index in [-0.39, 0.29) is 0 Å². The van der Waals surface area contributed by atoms with Gasteiger partial charge in [0.15, 0.2) is 5.76 Å². The van der Waals surface area contributed by atoms with Crippen LogP contribution in [0.4, 0.5) is 5.69 Å². The maximum atomic E-state index is 5.88. The topological polar surface area (TPSA) is 38.1 Å². The Morgan fingerprint density at radius 2 is 2.05 bits per heavy atom. The molecular formula is C17H18N2O. The smallest absolute Gasteiger partial charge is 0.153 e. The van der Waals surface area contributed by atoms with Crippen molar-refractivity contribution in [2.24, 2.45) is 0 Å². The third kappa shape index (κ3) is 2.52. The SMILES string of the molecule is CCCNc1ccnc(-c2cc3cc(C)ccc3o2)c1. The molecule has 2 heterocycles. The number of hydrogen-bond acceptors (Lipinski definition) is 3. The molecule has 0 bridgehead atoms. The number of hydrogen-bond donors (Lipinski definition) is 1. The fourth-order valence-electron chi connectivity index (χ4n) is 2.23. The monoisotopic (exact) mass is 266 g/mol. The van der Waals surface area contributed by atoms with Gasteiger partial charge in [0.2, 0.25) is 0 Å². The second-order valence-electron chi connectivity index (χ2n) is 5.01. The lowest BCUT2D eigenvalue weighted by Gasteiger charge is -2.05. The molecule has 3 rings (SSSR count). The van der Waals surface area contributed by atoms with Gasteiger partial charge in [-0.05, 0) is 43.7 Å². The van der Waals surface area contributed by atoms with E-state index in [1.165, 1.54) is 5.56 Å². The predicted octanol–water partition coefficient (Wildman–Crippen LogP) is 4.63. The second-order valence-corrected chi connectivity index (χ2v) is 5.01. The molecule has 3 nitrogen and oxygen atoms in total. The zero-order valence-electron chi connectivity index (χ0n) is 11.8. The van der Waals surface area contributed by atoms with Gasteiger partial charge in [0.1, 0.15) is 11.3 Å². The molecule has 3 heteroatoms. The average molecular weight is 266 g/mol. The quantitative estimate of drug-likeness (QED) is 0.748. The molecule has 0 radical (unpaired) electrons.